The number of alkyl halides is 3. The number of ether oxygens (including phenoxy) is 1. The highest BCUT2D eigenvalue weighted by molar-refractivity contribution is 5.51. The molecule has 0 amide bonds. The van der Waals surface area contributed by atoms with Crippen LogP contribution in [0.15, 0.2) is 66.7 Å². The lowest BCUT2D eigenvalue weighted by Gasteiger charge is -2.28. The van der Waals surface area contributed by atoms with Gasteiger partial charge in [-0.3, -0.25) is 0 Å². The Hall–Kier alpha value is -3.63. The Morgan fingerprint density at radius 2 is 1.27 bits per heavy atom. The van der Waals surface area contributed by atoms with E-state index in [1.165, 1.54) is 87.6 Å². The second kappa shape index (κ2) is 14.8. The van der Waals surface area contributed by atoms with E-state index in [9.17, 15) is 13.2 Å². The van der Waals surface area contributed by atoms with Gasteiger partial charge in [0.25, 0.3) is 0 Å². The lowest BCUT2D eigenvalue weighted by Crippen LogP contribution is -2.16. The van der Waals surface area contributed by atoms with Crippen molar-refractivity contribution in [2.75, 3.05) is 0 Å². The van der Waals surface area contributed by atoms with E-state index in [0.717, 1.165) is 40.5 Å². The molecule has 0 aromatic heterocycles. The number of rotatable bonds is 8. The number of halogens is 3. The van der Waals surface area contributed by atoms with Gasteiger partial charge in [0.15, 0.2) is 0 Å². The van der Waals surface area contributed by atoms with Crippen LogP contribution in [0.25, 0.3) is 0 Å². The van der Waals surface area contributed by atoms with Gasteiger partial charge in [-0.05, 0) is 97.3 Å². The van der Waals surface area contributed by atoms with E-state index >= 15 is 0 Å². The molecule has 4 rings (SSSR count). The van der Waals surface area contributed by atoms with E-state index in [2.05, 4.69) is 59.6 Å². The van der Waals surface area contributed by atoms with Gasteiger partial charge in [-0.25, -0.2) is 0 Å². The predicted octanol–water partition coefficient (Wildman–Crippen LogP) is 10.0. The molecule has 1 aliphatic carbocycles. The molecule has 1 saturated carbocycles. The van der Waals surface area contributed by atoms with Crippen molar-refractivity contribution in [2.45, 2.75) is 84.4 Å². The molecule has 1 nitrogen and oxygen atoms in total. The smallest absolute Gasteiger partial charge is 0.406 e. The first-order valence-electron chi connectivity index (χ1n) is 14.9. The Kier molecular flexibility index (Phi) is 11.0. The van der Waals surface area contributed by atoms with Gasteiger partial charge < -0.3 is 4.74 Å². The van der Waals surface area contributed by atoms with Crippen LogP contribution in [0.1, 0.15) is 98.1 Å². The number of benzene rings is 3. The molecule has 0 N–H and O–H groups in total. The highest BCUT2D eigenvalue weighted by atomic mass is 19.4. The number of hydrogen-bond donors (Lipinski definition) is 0. The van der Waals surface area contributed by atoms with Gasteiger partial charge in [0, 0.05) is 22.3 Å². The first-order valence-corrected chi connectivity index (χ1v) is 14.9. The monoisotopic (exact) mass is 556 g/mol. The minimum atomic E-state index is -4.70. The maximum absolute atomic E-state index is 12.3. The number of hydrogen-bond acceptors (Lipinski definition) is 1. The molecule has 0 atom stereocenters. The largest absolute Gasteiger partial charge is 0.573 e. The molecular weight excluding hydrogens is 517 g/mol. The van der Waals surface area contributed by atoms with Crippen LogP contribution in [0.4, 0.5) is 13.2 Å². The molecule has 0 unspecified atom stereocenters. The Bertz CT molecular complexity index is 1370. The van der Waals surface area contributed by atoms with Gasteiger partial charge in [-0.2, -0.15) is 0 Å². The lowest BCUT2D eigenvalue weighted by atomic mass is 9.78. The number of aryl methyl sites for hydroxylation is 2. The third-order valence-electron chi connectivity index (χ3n) is 7.98. The SMILES string of the molecule is CCCCCC1CCC(CCc2ccc(C#Cc3ccc(C#Cc4ccc(OC(F)(F)F)cc4)c(C)c3)cc2)CC1. The maximum Gasteiger partial charge on any atom is 0.573 e. The molecule has 0 heterocycles. The van der Waals surface area contributed by atoms with E-state index in [1.54, 1.807) is 0 Å². The summed E-state index contributed by atoms with van der Waals surface area (Å²) in [6.45, 7) is 4.26. The van der Waals surface area contributed by atoms with E-state index < -0.39 is 6.36 Å². The summed E-state index contributed by atoms with van der Waals surface area (Å²) in [5.74, 6) is 14.2. The molecule has 0 saturated heterocycles. The van der Waals surface area contributed by atoms with Crippen LogP contribution < -0.4 is 4.74 Å². The Balaban J connectivity index is 1.26. The van der Waals surface area contributed by atoms with Crippen LogP contribution in [0.3, 0.4) is 0 Å². The molecular formula is C37H39F3O. The van der Waals surface area contributed by atoms with Crippen molar-refractivity contribution in [3.05, 3.63) is 100 Å². The molecule has 41 heavy (non-hydrogen) atoms. The van der Waals surface area contributed by atoms with Crippen LogP contribution in [0.2, 0.25) is 0 Å². The summed E-state index contributed by atoms with van der Waals surface area (Å²) >= 11 is 0. The van der Waals surface area contributed by atoms with Gasteiger partial charge in [-0.1, -0.05) is 94.1 Å². The van der Waals surface area contributed by atoms with Crippen molar-refractivity contribution >= 4 is 0 Å². The van der Waals surface area contributed by atoms with E-state index in [-0.39, 0.29) is 5.75 Å². The molecule has 214 valence electrons. The van der Waals surface area contributed by atoms with Crippen molar-refractivity contribution in [1.82, 2.24) is 0 Å². The Labute approximate surface area is 243 Å². The summed E-state index contributed by atoms with van der Waals surface area (Å²) in [7, 11) is 0. The van der Waals surface area contributed by atoms with Crippen LogP contribution in [-0.2, 0) is 6.42 Å². The Morgan fingerprint density at radius 3 is 1.88 bits per heavy atom. The van der Waals surface area contributed by atoms with Crippen LogP contribution in [0, 0.1) is 42.4 Å². The summed E-state index contributed by atoms with van der Waals surface area (Å²) < 4.78 is 40.9. The van der Waals surface area contributed by atoms with Crippen molar-refractivity contribution in [3.63, 3.8) is 0 Å². The fourth-order valence-corrected chi connectivity index (χ4v) is 5.52. The zero-order valence-corrected chi connectivity index (χ0v) is 24.1. The van der Waals surface area contributed by atoms with Crippen LogP contribution in [0.5, 0.6) is 5.75 Å². The quantitative estimate of drug-likeness (QED) is 0.198. The van der Waals surface area contributed by atoms with Crippen molar-refractivity contribution in [3.8, 4) is 29.4 Å². The van der Waals surface area contributed by atoms with Crippen LogP contribution in [-0.4, -0.2) is 6.36 Å². The van der Waals surface area contributed by atoms with Crippen molar-refractivity contribution in [1.29, 1.82) is 0 Å². The topological polar surface area (TPSA) is 9.23 Å². The molecule has 1 fully saturated rings. The van der Waals surface area contributed by atoms with Gasteiger partial charge in [0.2, 0.25) is 0 Å². The highest BCUT2D eigenvalue weighted by Gasteiger charge is 2.30. The maximum atomic E-state index is 12.3. The lowest BCUT2D eigenvalue weighted by molar-refractivity contribution is -0.274. The van der Waals surface area contributed by atoms with E-state index in [4.69, 9.17) is 0 Å². The first-order chi connectivity index (χ1) is 19.8. The third-order valence-corrected chi connectivity index (χ3v) is 7.98. The van der Waals surface area contributed by atoms with E-state index in [0.29, 0.717) is 5.56 Å². The second-order valence-corrected chi connectivity index (χ2v) is 11.2. The fraction of sp³-hybridized carbons (Fsp3) is 0.405. The molecule has 3 aromatic carbocycles. The molecule has 0 radical (unpaired) electrons. The normalized spacial score (nSPS) is 16.7. The van der Waals surface area contributed by atoms with Gasteiger partial charge in [-0.15, -0.1) is 13.2 Å². The molecule has 0 spiro atoms. The Morgan fingerprint density at radius 1 is 0.707 bits per heavy atom. The number of unbranched alkanes of at least 4 members (excludes halogenated alkanes) is 2. The summed E-state index contributed by atoms with van der Waals surface area (Å²) in [6.07, 6.45) is 8.94. The minimum absolute atomic E-state index is 0.262. The highest BCUT2D eigenvalue weighted by Crippen LogP contribution is 2.34. The molecule has 3 aromatic rings. The average molecular weight is 557 g/mol. The fourth-order valence-electron chi connectivity index (χ4n) is 5.52. The van der Waals surface area contributed by atoms with Gasteiger partial charge in [0.05, 0.1) is 0 Å². The minimum Gasteiger partial charge on any atom is -0.406 e. The zero-order valence-electron chi connectivity index (χ0n) is 24.1. The van der Waals surface area contributed by atoms with Crippen molar-refractivity contribution < 1.29 is 17.9 Å². The second-order valence-electron chi connectivity index (χ2n) is 11.2. The zero-order chi connectivity index (χ0) is 29.1. The molecule has 0 bridgehead atoms. The predicted molar refractivity (Wildman–Crippen MR) is 161 cm³/mol. The average Bonchev–Trinajstić information content (AvgIpc) is 2.96. The van der Waals surface area contributed by atoms with Crippen molar-refractivity contribution in [2.24, 2.45) is 11.8 Å². The standard InChI is InChI=1S/C37H39F3O/c1-3-4-5-6-29-7-9-30(10-8-29)11-12-31-13-15-32(16-14-31)17-18-34-20-24-35(28(2)27-34)23-19-33-21-25-36(26-22-33)41-37(38,39)40/h13-16,20-22,24-27,29-30H,3-12H2,1-2H3. The summed E-state index contributed by atoms with van der Waals surface area (Å²) in [4.78, 5) is 0. The van der Waals surface area contributed by atoms with Gasteiger partial charge >= 0.3 is 6.36 Å². The molecule has 0 aliphatic heterocycles. The van der Waals surface area contributed by atoms with Crippen LogP contribution >= 0.6 is 0 Å². The molecule has 4 heteroatoms. The third kappa shape index (κ3) is 10.4. The summed E-state index contributed by atoms with van der Waals surface area (Å²) in [6, 6.07) is 20.1. The van der Waals surface area contributed by atoms with E-state index in [1.807, 2.05) is 25.1 Å². The molecule has 1 aliphatic rings. The summed E-state index contributed by atoms with van der Waals surface area (Å²) in [5.41, 5.74) is 5.75. The van der Waals surface area contributed by atoms with Gasteiger partial charge in [0.1, 0.15) is 5.75 Å². The summed E-state index contributed by atoms with van der Waals surface area (Å²) in [5, 5.41) is 0. The first kappa shape index (κ1) is 30.3.